The van der Waals surface area contributed by atoms with Gasteiger partial charge in [0.2, 0.25) is 0 Å². The summed E-state index contributed by atoms with van der Waals surface area (Å²) in [5, 5.41) is 3.58. The zero-order valence-electron chi connectivity index (χ0n) is 13.5. The summed E-state index contributed by atoms with van der Waals surface area (Å²) in [4.78, 5) is 0. The Hall–Kier alpha value is -1.96. The minimum atomic E-state index is 0.975. The second kappa shape index (κ2) is 7.16. The molecule has 1 N–H and O–H groups in total. The standard InChI is InChI=1S/C19H25NO/c1-14-12-15(2)19(16(3)13-14)20-11-7-9-17-8-5-6-10-18(17)21-4/h5-6,8,10,12-13,20H,7,9,11H2,1-4H3. The molecule has 2 nitrogen and oxygen atoms in total. The quantitative estimate of drug-likeness (QED) is 0.778. The highest BCUT2D eigenvalue weighted by molar-refractivity contribution is 5.58. The molecule has 0 aliphatic heterocycles. The third kappa shape index (κ3) is 4.01. The number of methoxy groups -OCH3 is 1. The van der Waals surface area contributed by atoms with Crippen LogP contribution in [0.3, 0.4) is 0 Å². The number of anilines is 1. The van der Waals surface area contributed by atoms with Crippen molar-refractivity contribution in [2.75, 3.05) is 19.0 Å². The molecule has 0 amide bonds. The first-order chi connectivity index (χ1) is 10.1. The molecule has 0 spiro atoms. The predicted molar refractivity (Wildman–Crippen MR) is 90.5 cm³/mol. The van der Waals surface area contributed by atoms with E-state index in [1.165, 1.54) is 27.9 Å². The molecule has 0 saturated carbocycles. The van der Waals surface area contributed by atoms with E-state index in [9.17, 15) is 0 Å². The number of nitrogens with one attached hydrogen (secondary N) is 1. The predicted octanol–water partition coefficient (Wildman–Crippen LogP) is 4.67. The van der Waals surface area contributed by atoms with Gasteiger partial charge in [0.25, 0.3) is 0 Å². The molecule has 0 bridgehead atoms. The molecule has 21 heavy (non-hydrogen) atoms. The first kappa shape index (κ1) is 15.4. The number of para-hydroxylation sites is 1. The van der Waals surface area contributed by atoms with Crippen LogP contribution in [0.2, 0.25) is 0 Å². The van der Waals surface area contributed by atoms with Crippen LogP contribution in [0.5, 0.6) is 5.75 Å². The van der Waals surface area contributed by atoms with Crippen molar-refractivity contribution in [1.82, 2.24) is 0 Å². The molecule has 2 rings (SSSR count). The van der Waals surface area contributed by atoms with Crippen molar-refractivity contribution in [2.24, 2.45) is 0 Å². The molecule has 0 unspecified atom stereocenters. The van der Waals surface area contributed by atoms with Gasteiger partial charge < -0.3 is 10.1 Å². The van der Waals surface area contributed by atoms with E-state index in [4.69, 9.17) is 4.74 Å². The third-order valence-electron chi connectivity index (χ3n) is 3.79. The van der Waals surface area contributed by atoms with Crippen LogP contribution in [0.4, 0.5) is 5.69 Å². The Morgan fingerprint density at radius 1 is 1.00 bits per heavy atom. The number of aryl methyl sites for hydroxylation is 4. The summed E-state index contributed by atoms with van der Waals surface area (Å²) in [5.74, 6) is 0.986. The minimum Gasteiger partial charge on any atom is -0.496 e. The molecule has 2 aromatic rings. The van der Waals surface area contributed by atoms with Gasteiger partial charge in [-0.15, -0.1) is 0 Å². The molecule has 0 aromatic heterocycles. The van der Waals surface area contributed by atoms with Crippen molar-refractivity contribution >= 4 is 5.69 Å². The summed E-state index contributed by atoms with van der Waals surface area (Å²) in [6.45, 7) is 7.46. The molecular formula is C19H25NO. The maximum Gasteiger partial charge on any atom is 0.122 e. The van der Waals surface area contributed by atoms with Gasteiger partial charge in [0.1, 0.15) is 5.75 Å². The molecule has 0 fully saturated rings. The number of ether oxygens (including phenoxy) is 1. The molecule has 112 valence electrons. The average Bonchev–Trinajstić information content (AvgIpc) is 2.45. The van der Waals surface area contributed by atoms with E-state index < -0.39 is 0 Å². The Bertz CT molecular complexity index is 581. The molecule has 0 radical (unpaired) electrons. The molecule has 0 atom stereocenters. The van der Waals surface area contributed by atoms with E-state index in [0.29, 0.717) is 0 Å². The first-order valence-electron chi connectivity index (χ1n) is 7.55. The van der Waals surface area contributed by atoms with Crippen LogP contribution in [-0.2, 0) is 6.42 Å². The Morgan fingerprint density at radius 3 is 2.33 bits per heavy atom. The second-order valence-electron chi connectivity index (χ2n) is 5.62. The van der Waals surface area contributed by atoms with E-state index >= 15 is 0 Å². The maximum absolute atomic E-state index is 5.39. The molecule has 2 aromatic carbocycles. The van der Waals surface area contributed by atoms with Gasteiger partial charge in [-0.05, 0) is 56.4 Å². The lowest BCUT2D eigenvalue weighted by molar-refractivity contribution is 0.409. The van der Waals surface area contributed by atoms with Crippen LogP contribution >= 0.6 is 0 Å². The van der Waals surface area contributed by atoms with Crippen LogP contribution in [0.1, 0.15) is 28.7 Å². The van der Waals surface area contributed by atoms with E-state index in [0.717, 1.165) is 25.1 Å². The van der Waals surface area contributed by atoms with Gasteiger partial charge in [0.05, 0.1) is 7.11 Å². The normalized spacial score (nSPS) is 10.5. The number of hydrogen-bond acceptors (Lipinski definition) is 2. The summed E-state index contributed by atoms with van der Waals surface area (Å²) in [6, 6.07) is 12.7. The lowest BCUT2D eigenvalue weighted by Crippen LogP contribution is -2.06. The monoisotopic (exact) mass is 283 g/mol. The fraction of sp³-hybridized carbons (Fsp3) is 0.368. The van der Waals surface area contributed by atoms with Crippen molar-refractivity contribution in [2.45, 2.75) is 33.6 Å². The Kier molecular flexibility index (Phi) is 5.26. The molecule has 0 aliphatic rings. The van der Waals surface area contributed by atoms with Gasteiger partial charge >= 0.3 is 0 Å². The lowest BCUT2D eigenvalue weighted by atomic mass is 10.0. The van der Waals surface area contributed by atoms with E-state index in [2.05, 4.69) is 50.4 Å². The van der Waals surface area contributed by atoms with Crippen LogP contribution in [0.15, 0.2) is 36.4 Å². The number of benzene rings is 2. The van der Waals surface area contributed by atoms with Crippen LogP contribution in [0, 0.1) is 20.8 Å². The summed E-state index contributed by atoms with van der Waals surface area (Å²) >= 11 is 0. The fourth-order valence-electron chi connectivity index (χ4n) is 2.86. The number of hydrogen-bond donors (Lipinski definition) is 1. The van der Waals surface area contributed by atoms with Gasteiger partial charge in [-0.25, -0.2) is 0 Å². The van der Waals surface area contributed by atoms with Gasteiger partial charge in [0, 0.05) is 12.2 Å². The highest BCUT2D eigenvalue weighted by Gasteiger charge is 2.04. The van der Waals surface area contributed by atoms with Gasteiger partial charge in [-0.1, -0.05) is 35.9 Å². The molecule has 2 heteroatoms. The highest BCUT2D eigenvalue weighted by atomic mass is 16.5. The molecular weight excluding hydrogens is 258 g/mol. The van der Waals surface area contributed by atoms with Gasteiger partial charge in [-0.2, -0.15) is 0 Å². The smallest absolute Gasteiger partial charge is 0.122 e. The highest BCUT2D eigenvalue weighted by Crippen LogP contribution is 2.22. The maximum atomic E-state index is 5.39. The average molecular weight is 283 g/mol. The zero-order chi connectivity index (χ0) is 15.2. The first-order valence-corrected chi connectivity index (χ1v) is 7.55. The van der Waals surface area contributed by atoms with E-state index in [1.54, 1.807) is 7.11 Å². The van der Waals surface area contributed by atoms with Gasteiger partial charge in [-0.3, -0.25) is 0 Å². The third-order valence-corrected chi connectivity index (χ3v) is 3.79. The Labute approximate surface area is 128 Å². The Balaban J connectivity index is 1.91. The lowest BCUT2D eigenvalue weighted by Gasteiger charge is -2.14. The SMILES string of the molecule is COc1ccccc1CCCNc1c(C)cc(C)cc1C. The van der Waals surface area contributed by atoms with Crippen molar-refractivity contribution in [1.29, 1.82) is 0 Å². The van der Waals surface area contributed by atoms with Crippen molar-refractivity contribution in [3.05, 3.63) is 58.7 Å². The summed E-state index contributed by atoms with van der Waals surface area (Å²) in [6.07, 6.45) is 2.12. The van der Waals surface area contributed by atoms with Crippen molar-refractivity contribution < 1.29 is 4.74 Å². The van der Waals surface area contributed by atoms with E-state index in [1.807, 2.05) is 12.1 Å². The summed E-state index contributed by atoms with van der Waals surface area (Å²) in [7, 11) is 1.73. The minimum absolute atomic E-state index is 0.975. The molecule has 0 saturated heterocycles. The molecule has 0 heterocycles. The van der Waals surface area contributed by atoms with Crippen LogP contribution in [0.25, 0.3) is 0 Å². The second-order valence-corrected chi connectivity index (χ2v) is 5.62. The van der Waals surface area contributed by atoms with E-state index in [-0.39, 0.29) is 0 Å². The van der Waals surface area contributed by atoms with Crippen LogP contribution in [-0.4, -0.2) is 13.7 Å². The molecule has 0 aliphatic carbocycles. The zero-order valence-corrected chi connectivity index (χ0v) is 13.5. The van der Waals surface area contributed by atoms with Crippen LogP contribution < -0.4 is 10.1 Å². The largest absolute Gasteiger partial charge is 0.496 e. The number of rotatable bonds is 6. The van der Waals surface area contributed by atoms with Crippen molar-refractivity contribution in [3.8, 4) is 5.75 Å². The van der Waals surface area contributed by atoms with Crippen molar-refractivity contribution in [3.63, 3.8) is 0 Å². The summed E-state index contributed by atoms with van der Waals surface area (Å²) < 4.78 is 5.39. The topological polar surface area (TPSA) is 21.3 Å². The fourth-order valence-corrected chi connectivity index (χ4v) is 2.86. The summed E-state index contributed by atoms with van der Waals surface area (Å²) in [5.41, 5.74) is 6.53. The van der Waals surface area contributed by atoms with Gasteiger partial charge in [0.15, 0.2) is 0 Å². The Morgan fingerprint density at radius 2 is 1.67 bits per heavy atom.